The van der Waals surface area contributed by atoms with Crippen LogP contribution in [0, 0.1) is 0 Å². The monoisotopic (exact) mass is 473 g/mol. The lowest BCUT2D eigenvalue weighted by Crippen LogP contribution is -2.34. The van der Waals surface area contributed by atoms with E-state index >= 15 is 0 Å². The third-order valence-corrected chi connectivity index (χ3v) is 6.33. The van der Waals surface area contributed by atoms with Gasteiger partial charge in [0.2, 0.25) is 0 Å². The maximum Gasteiger partial charge on any atom is 0.264 e. The van der Waals surface area contributed by atoms with Crippen LogP contribution in [0.5, 0.6) is 0 Å². The Hall–Kier alpha value is -2.23. The second kappa shape index (κ2) is 9.06. The number of sulfonamides is 1. The van der Waals surface area contributed by atoms with E-state index in [4.69, 9.17) is 39.6 Å². The number of nitrogens with zero attached hydrogens (tertiary/aromatic N) is 1. The smallest absolute Gasteiger partial charge is 0.264 e. The Bertz CT molecular complexity index is 1100. The maximum atomic E-state index is 12.6. The molecule has 0 spiro atoms. The molecule has 0 atom stereocenters. The van der Waals surface area contributed by atoms with Gasteiger partial charge in [-0.25, -0.2) is 13.5 Å². The number of aldehydes is 1. The van der Waals surface area contributed by atoms with E-state index < -0.39 is 10.0 Å². The van der Waals surface area contributed by atoms with Crippen LogP contribution in [-0.2, 0) is 21.5 Å². The average molecular weight is 475 g/mol. The zero-order valence-corrected chi connectivity index (χ0v) is 17.7. The zero-order valence-electron chi connectivity index (χ0n) is 14.6. The van der Waals surface area contributed by atoms with Gasteiger partial charge in [0.25, 0.3) is 10.0 Å². The van der Waals surface area contributed by atoms with Gasteiger partial charge in [-0.2, -0.15) is 0 Å². The molecule has 0 bridgehead atoms. The molecule has 0 fully saturated rings. The molecule has 2 aromatic carbocycles. The van der Waals surface area contributed by atoms with Gasteiger partial charge in [0.05, 0.1) is 16.2 Å². The average Bonchev–Trinajstić information content (AvgIpc) is 2.70. The molecule has 3 rings (SSSR count). The van der Waals surface area contributed by atoms with Crippen molar-refractivity contribution in [3.63, 3.8) is 0 Å². The molecule has 0 aromatic heterocycles. The second-order valence-corrected chi connectivity index (χ2v) is 8.60. The minimum Gasteiger partial charge on any atom is -0.343 e. The second-order valence-electron chi connectivity index (χ2n) is 5.77. The Kier molecular flexibility index (Phi) is 6.71. The number of rotatable bonds is 7. The molecule has 7 nitrogen and oxygen atoms in total. The van der Waals surface area contributed by atoms with Crippen molar-refractivity contribution in [3.05, 3.63) is 87.0 Å². The molecule has 0 saturated carbocycles. The van der Waals surface area contributed by atoms with E-state index in [9.17, 15) is 13.2 Å². The summed E-state index contributed by atoms with van der Waals surface area (Å²) in [5, 5.41) is 4.09. The summed E-state index contributed by atoms with van der Waals surface area (Å²) in [6.07, 6.45) is 3.40. The van der Waals surface area contributed by atoms with Crippen LogP contribution >= 0.6 is 34.8 Å². The van der Waals surface area contributed by atoms with Crippen molar-refractivity contribution in [3.8, 4) is 0 Å². The molecule has 29 heavy (non-hydrogen) atoms. The predicted molar refractivity (Wildman–Crippen MR) is 110 cm³/mol. The maximum absolute atomic E-state index is 12.6. The molecule has 2 N–H and O–H groups in total. The van der Waals surface area contributed by atoms with Gasteiger partial charge in [-0.3, -0.25) is 14.4 Å². The largest absolute Gasteiger partial charge is 0.343 e. The number of halogens is 3. The van der Waals surface area contributed by atoms with Gasteiger partial charge in [0.15, 0.2) is 5.16 Å². The van der Waals surface area contributed by atoms with Crippen molar-refractivity contribution in [1.29, 1.82) is 0 Å². The van der Waals surface area contributed by atoms with Gasteiger partial charge in [0.1, 0.15) is 23.6 Å². The van der Waals surface area contributed by atoms with Crippen LogP contribution in [0.1, 0.15) is 15.9 Å². The first kappa shape index (κ1) is 21.5. The summed E-state index contributed by atoms with van der Waals surface area (Å²) in [5.41, 5.74) is 1.24. The Morgan fingerprint density at radius 1 is 1.14 bits per heavy atom. The van der Waals surface area contributed by atoms with Crippen molar-refractivity contribution in [1.82, 2.24) is 15.1 Å². The predicted octanol–water partition coefficient (Wildman–Crippen LogP) is 3.96. The Balaban J connectivity index is 1.75. The number of carbonyl (C=O) groups excluding carboxylic acids is 1. The highest BCUT2D eigenvalue weighted by Crippen LogP contribution is 2.29. The minimum absolute atomic E-state index is 0.0760. The van der Waals surface area contributed by atoms with Gasteiger partial charge in [-0.15, -0.1) is 0 Å². The fraction of sp³-hybridized carbons (Fsp3) is 0.0556. The van der Waals surface area contributed by atoms with Crippen molar-refractivity contribution in [2.24, 2.45) is 0 Å². The summed E-state index contributed by atoms with van der Waals surface area (Å²) < 4.78 is 27.6. The summed E-state index contributed by atoms with van der Waals surface area (Å²) in [4.78, 5) is 16.3. The van der Waals surface area contributed by atoms with Crippen LogP contribution in [0.4, 0.5) is 0 Å². The number of hydrogen-bond donors (Lipinski definition) is 2. The molecular formula is C18H14Cl3N3O4S. The molecule has 0 saturated heterocycles. The highest BCUT2D eigenvalue weighted by atomic mass is 35.5. The quantitative estimate of drug-likeness (QED) is 0.466. The third kappa shape index (κ3) is 5.23. The summed E-state index contributed by atoms with van der Waals surface area (Å²) >= 11 is 18.0. The summed E-state index contributed by atoms with van der Waals surface area (Å²) in [6, 6.07) is 11.1. The fourth-order valence-corrected chi connectivity index (χ4v) is 4.29. The standard InChI is InChI=1S/C18H14Cl3N3O4S/c19-14-5-2-6-15(18(14)21)29(26,27)23-17-9-24(16(20)8-22-17)28-11-13-4-1-3-12(7-13)10-25/h1-10,22-23H,11H2. The molecular weight excluding hydrogens is 461 g/mol. The number of carbonyl (C=O) groups is 1. The molecule has 152 valence electrons. The summed E-state index contributed by atoms with van der Waals surface area (Å²) in [6.45, 7) is 0.0996. The first-order chi connectivity index (χ1) is 13.8. The summed E-state index contributed by atoms with van der Waals surface area (Å²) in [7, 11) is -4.02. The van der Waals surface area contributed by atoms with E-state index in [2.05, 4.69) is 10.0 Å². The van der Waals surface area contributed by atoms with Crippen LogP contribution in [-0.4, -0.2) is 19.8 Å². The third-order valence-electron chi connectivity index (χ3n) is 3.71. The Labute approximate surface area is 182 Å². The first-order valence-electron chi connectivity index (χ1n) is 8.07. The topological polar surface area (TPSA) is 87.7 Å². The number of hydrogen-bond acceptors (Lipinski definition) is 6. The molecule has 2 aromatic rings. The van der Waals surface area contributed by atoms with Gasteiger partial charge >= 0.3 is 0 Å². The van der Waals surface area contributed by atoms with E-state index in [0.717, 1.165) is 11.8 Å². The van der Waals surface area contributed by atoms with Gasteiger partial charge in [-0.05, 0) is 23.8 Å². The Morgan fingerprint density at radius 2 is 1.90 bits per heavy atom. The zero-order chi connectivity index (χ0) is 21.0. The molecule has 11 heteroatoms. The summed E-state index contributed by atoms with van der Waals surface area (Å²) in [5.74, 6) is 0.0760. The highest BCUT2D eigenvalue weighted by Gasteiger charge is 2.22. The molecule has 0 unspecified atom stereocenters. The van der Waals surface area contributed by atoms with Crippen LogP contribution in [0.15, 0.2) is 70.7 Å². The normalized spacial score (nSPS) is 14.0. The lowest BCUT2D eigenvalue weighted by Gasteiger charge is -2.25. The van der Waals surface area contributed by atoms with Crippen LogP contribution < -0.4 is 10.0 Å². The van der Waals surface area contributed by atoms with Gasteiger partial charge in [0, 0.05) is 11.8 Å². The minimum atomic E-state index is -4.02. The number of hydroxylamine groups is 2. The fourth-order valence-electron chi connectivity index (χ4n) is 2.36. The van der Waals surface area contributed by atoms with Crippen molar-refractivity contribution < 1.29 is 18.0 Å². The van der Waals surface area contributed by atoms with Gasteiger partial charge < -0.3 is 5.32 Å². The molecule has 0 radical (unpaired) electrons. The van der Waals surface area contributed by atoms with Crippen molar-refractivity contribution in [2.45, 2.75) is 11.5 Å². The lowest BCUT2D eigenvalue weighted by atomic mass is 10.1. The van der Waals surface area contributed by atoms with Crippen molar-refractivity contribution >= 4 is 51.1 Å². The number of benzene rings is 2. The van der Waals surface area contributed by atoms with E-state index in [1.54, 1.807) is 24.3 Å². The van der Waals surface area contributed by atoms with E-state index in [0.29, 0.717) is 5.56 Å². The molecule has 1 aliphatic heterocycles. The highest BCUT2D eigenvalue weighted by molar-refractivity contribution is 7.89. The molecule has 0 amide bonds. The molecule has 0 aliphatic carbocycles. The van der Waals surface area contributed by atoms with E-state index in [1.807, 2.05) is 0 Å². The van der Waals surface area contributed by atoms with Crippen LogP contribution in [0.25, 0.3) is 0 Å². The van der Waals surface area contributed by atoms with Crippen LogP contribution in [0.3, 0.4) is 0 Å². The Morgan fingerprint density at radius 3 is 2.66 bits per heavy atom. The van der Waals surface area contributed by atoms with Gasteiger partial charge in [-0.1, -0.05) is 59.1 Å². The van der Waals surface area contributed by atoms with Crippen LogP contribution in [0.2, 0.25) is 10.0 Å². The van der Waals surface area contributed by atoms with Crippen molar-refractivity contribution in [2.75, 3.05) is 0 Å². The molecule has 1 aliphatic rings. The molecule has 1 heterocycles. The SMILES string of the molecule is O=Cc1cccc(CON2C=C(NS(=O)(=O)c3cccc(Cl)c3Cl)NC=C2Cl)c1. The number of nitrogens with one attached hydrogen (secondary N) is 2. The van der Waals surface area contributed by atoms with E-state index in [1.165, 1.54) is 35.7 Å². The lowest BCUT2D eigenvalue weighted by molar-refractivity contribution is -0.100. The first-order valence-corrected chi connectivity index (χ1v) is 10.7. The van der Waals surface area contributed by atoms with E-state index in [-0.39, 0.29) is 32.5 Å².